The van der Waals surface area contributed by atoms with Crippen molar-refractivity contribution < 1.29 is 27.9 Å². The number of likely N-dealkylation sites (tertiary alicyclic amines) is 1. The van der Waals surface area contributed by atoms with Crippen LogP contribution < -0.4 is 0 Å². The minimum Gasteiger partial charge on any atom is -0.481 e. The second-order valence-electron chi connectivity index (χ2n) is 5.04. The monoisotopic (exact) mass is 282 g/mol. The third kappa shape index (κ3) is 2.62. The molecule has 1 fully saturated rings. The summed E-state index contributed by atoms with van der Waals surface area (Å²) in [5.41, 5.74) is -2.85. The number of nitrogens with zero attached hydrogens (tertiary/aromatic N) is 2. The van der Waals surface area contributed by atoms with Crippen LogP contribution in [-0.2, 0) is 4.79 Å². The molecule has 19 heavy (non-hydrogen) atoms. The molecule has 0 aliphatic carbocycles. The molecule has 2 amide bonds. The highest BCUT2D eigenvalue weighted by atomic mass is 19.4. The Morgan fingerprint density at radius 1 is 1.37 bits per heavy atom. The molecule has 1 N–H and O–H groups in total. The van der Waals surface area contributed by atoms with E-state index in [1.54, 1.807) is 13.8 Å². The van der Waals surface area contributed by atoms with Crippen LogP contribution in [0.1, 0.15) is 20.3 Å². The molecule has 1 unspecified atom stereocenters. The number of aliphatic carboxylic acids is 1. The SMILES string of the molecule is CC(C)N(C)C(=O)N1CCC(C(=O)O)(C(F)(F)F)C1. The van der Waals surface area contributed by atoms with Gasteiger partial charge in [-0.25, -0.2) is 4.79 Å². The van der Waals surface area contributed by atoms with Crippen molar-refractivity contribution in [2.45, 2.75) is 32.5 Å². The molecule has 1 rings (SSSR count). The zero-order chi connectivity index (χ0) is 15.0. The first kappa shape index (κ1) is 15.6. The number of urea groups is 1. The number of carboxylic acid groups (broad SMARTS) is 1. The molecule has 0 spiro atoms. The van der Waals surface area contributed by atoms with Gasteiger partial charge in [-0.2, -0.15) is 13.2 Å². The second-order valence-corrected chi connectivity index (χ2v) is 5.04. The summed E-state index contributed by atoms with van der Waals surface area (Å²) in [6, 6.07) is -0.749. The first-order chi connectivity index (χ1) is 8.53. The third-order valence-electron chi connectivity index (χ3n) is 3.57. The molecule has 1 aliphatic rings. The Labute approximate surface area is 109 Å². The highest BCUT2D eigenvalue weighted by molar-refractivity contribution is 5.80. The lowest BCUT2D eigenvalue weighted by molar-refractivity contribution is -0.227. The minimum atomic E-state index is -4.87. The van der Waals surface area contributed by atoms with Crippen LogP contribution in [0.3, 0.4) is 0 Å². The quantitative estimate of drug-likeness (QED) is 0.840. The number of hydrogen-bond donors (Lipinski definition) is 1. The predicted molar refractivity (Wildman–Crippen MR) is 60.6 cm³/mol. The first-order valence-electron chi connectivity index (χ1n) is 5.85. The molecule has 0 aromatic heterocycles. The van der Waals surface area contributed by atoms with E-state index in [0.717, 1.165) is 4.90 Å². The highest BCUT2D eigenvalue weighted by Crippen LogP contribution is 2.45. The number of carbonyl (C=O) groups is 2. The van der Waals surface area contributed by atoms with Crippen LogP contribution in [0.15, 0.2) is 0 Å². The fraction of sp³-hybridized carbons (Fsp3) is 0.818. The summed E-state index contributed by atoms with van der Waals surface area (Å²) in [6.07, 6.45) is -5.48. The van der Waals surface area contributed by atoms with Gasteiger partial charge in [0.25, 0.3) is 0 Å². The van der Waals surface area contributed by atoms with Gasteiger partial charge in [0.2, 0.25) is 0 Å². The molecule has 0 aromatic rings. The molecule has 8 heteroatoms. The molecule has 1 aliphatic heterocycles. The average molecular weight is 282 g/mol. The summed E-state index contributed by atoms with van der Waals surface area (Å²) in [5.74, 6) is -1.93. The van der Waals surface area contributed by atoms with E-state index in [4.69, 9.17) is 5.11 Å². The van der Waals surface area contributed by atoms with Gasteiger partial charge in [0.15, 0.2) is 5.41 Å². The predicted octanol–water partition coefficient (Wildman–Crippen LogP) is 1.79. The van der Waals surface area contributed by atoms with E-state index < -0.39 is 36.6 Å². The van der Waals surface area contributed by atoms with E-state index in [0.29, 0.717) is 0 Å². The van der Waals surface area contributed by atoms with Crippen LogP contribution in [0.4, 0.5) is 18.0 Å². The molecule has 0 saturated carbocycles. The van der Waals surface area contributed by atoms with Crippen molar-refractivity contribution in [2.24, 2.45) is 5.41 Å². The number of amides is 2. The zero-order valence-corrected chi connectivity index (χ0v) is 11.0. The van der Waals surface area contributed by atoms with Gasteiger partial charge in [0.05, 0.1) is 0 Å². The lowest BCUT2D eigenvalue weighted by Crippen LogP contribution is -2.49. The topological polar surface area (TPSA) is 60.9 Å². The van der Waals surface area contributed by atoms with Crippen molar-refractivity contribution in [1.29, 1.82) is 0 Å². The van der Waals surface area contributed by atoms with Crippen molar-refractivity contribution in [2.75, 3.05) is 20.1 Å². The molecule has 0 bridgehead atoms. The van der Waals surface area contributed by atoms with Crippen molar-refractivity contribution >= 4 is 12.0 Å². The van der Waals surface area contributed by atoms with Crippen molar-refractivity contribution in [1.82, 2.24) is 9.80 Å². The number of rotatable bonds is 2. The third-order valence-corrected chi connectivity index (χ3v) is 3.57. The Kier molecular flexibility index (Phi) is 4.02. The number of carboxylic acids is 1. The maximum atomic E-state index is 12.9. The Balaban J connectivity index is 2.93. The molecule has 5 nitrogen and oxygen atoms in total. The largest absolute Gasteiger partial charge is 0.481 e. The van der Waals surface area contributed by atoms with Crippen molar-refractivity contribution in [3.63, 3.8) is 0 Å². The standard InChI is InChI=1S/C11H17F3N2O3/c1-7(2)15(3)9(19)16-5-4-10(6-16,8(17)18)11(12,13)14/h7H,4-6H2,1-3H3,(H,17,18). The molecular formula is C11H17F3N2O3. The summed E-state index contributed by atoms with van der Waals surface area (Å²) < 4.78 is 38.8. The van der Waals surface area contributed by atoms with E-state index in [1.807, 2.05) is 0 Å². The summed E-state index contributed by atoms with van der Waals surface area (Å²) in [6.45, 7) is 2.41. The second kappa shape index (κ2) is 4.90. The van der Waals surface area contributed by atoms with Gasteiger partial charge in [0.1, 0.15) is 0 Å². The highest BCUT2D eigenvalue weighted by Gasteiger charge is 2.64. The average Bonchev–Trinajstić information content (AvgIpc) is 2.72. The smallest absolute Gasteiger partial charge is 0.406 e. The van der Waals surface area contributed by atoms with Crippen molar-refractivity contribution in [3.05, 3.63) is 0 Å². The Hall–Kier alpha value is -1.47. The van der Waals surface area contributed by atoms with Gasteiger partial charge >= 0.3 is 18.2 Å². The number of hydrogen-bond acceptors (Lipinski definition) is 2. The lowest BCUT2D eigenvalue weighted by Gasteiger charge is -2.30. The van der Waals surface area contributed by atoms with Crippen LogP contribution in [-0.4, -0.2) is 59.3 Å². The Morgan fingerprint density at radius 2 is 1.89 bits per heavy atom. The van der Waals surface area contributed by atoms with Gasteiger partial charge in [-0.1, -0.05) is 0 Å². The van der Waals surface area contributed by atoms with Crippen LogP contribution in [0.2, 0.25) is 0 Å². The van der Waals surface area contributed by atoms with Crippen LogP contribution in [0.5, 0.6) is 0 Å². The normalized spacial score (nSPS) is 23.8. The summed E-state index contributed by atoms with van der Waals surface area (Å²) in [5, 5.41) is 8.88. The Morgan fingerprint density at radius 3 is 2.21 bits per heavy atom. The van der Waals surface area contributed by atoms with E-state index in [9.17, 15) is 22.8 Å². The molecular weight excluding hydrogens is 265 g/mol. The summed E-state index contributed by atoms with van der Waals surface area (Å²) in [7, 11) is 1.47. The number of halogens is 3. The van der Waals surface area contributed by atoms with Gasteiger partial charge in [-0.3, -0.25) is 4.79 Å². The van der Waals surface area contributed by atoms with E-state index >= 15 is 0 Å². The van der Waals surface area contributed by atoms with E-state index in [2.05, 4.69) is 0 Å². The van der Waals surface area contributed by atoms with Gasteiger partial charge in [-0.15, -0.1) is 0 Å². The van der Waals surface area contributed by atoms with Crippen LogP contribution in [0, 0.1) is 5.41 Å². The lowest BCUT2D eigenvalue weighted by atomic mass is 9.86. The number of alkyl halides is 3. The van der Waals surface area contributed by atoms with Gasteiger partial charge in [-0.05, 0) is 20.3 Å². The first-order valence-corrected chi connectivity index (χ1v) is 5.85. The molecule has 1 atom stereocenters. The minimum absolute atomic E-state index is 0.168. The van der Waals surface area contributed by atoms with Crippen molar-refractivity contribution in [3.8, 4) is 0 Å². The van der Waals surface area contributed by atoms with Crippen LogP contribution >= 0.6 is 0 Å². The van der Waals surface area contributed by atoms with E-state index in [-0.39, 0.29) is 12.6 Å². The fourth-order valence-corrected chi connectivity index (χ4v) is 1.94. The molecule has 0 aromatic carbocycles. The zero-order valence-electron chi connectivity index (χ0n) is 11.0. The number of carbonyl (C=O) groups excluding carboxylic acids is 1. The van der Waals surface area contributed by atoms with Crippen LogP contribution in [0.25, 0.3) is 0 Å². The maximum absolute atomic E-state index is 12.9. The Bertz CT molecular complexity index is 384. The molecule has 110 valence electrons. The molecule has 1 heterocycles. The molecule has 1 saturated heterocycles. The van der Waals surface area contributed by atoms with Gasteiger partial charge < -0.3 is 14.9 Å². The fourth-order valence-electron chi connectivity index (χ4n) is 1.94. The summed E-state index contributed by atoms with van der Waals surface area (Å²) in [4.78, 5) is 25.1. The summed E-state index contributed by atoms with van der Waals surface area (Å²) >= 11 is 0. The van der Waals surface area contributed by atoms with Gasteiger partial charge in [0, 0.05) is 26.2 Å². The maximum Gasteiger partial charge on any atom is 0.406 e. The molecule has 0 radical (unpaired) electrons. The van der Waals surface area contributed by atoms with E-state index in [1.165, 1.54) is 11.9 Å².